The quantitative estimate of drug-likeness (QED) is 0.620. The lowest BCUT2D eigenvalue weighted by molar-refractivity contribution is 0.0386. The van der Waals surface area contributed by atoms with Crippen molar-refractivity contribution < 1.29 is 9.13 Å². The number of aryl methyl sites for hydroxylation is 2. The highest BCUT2D eigenvalue weighted by Crippen LogP contribution is 2.42. The molecular weight excluding hydrogens is 359 g/mol. The van der Waals surface area contributed by atoms with Crippen LogP contribution in [0.5, 0.6) is 0 Å². The van der Waals surface area contributed by atoms with E-state index < -0.39 is 0 Å². The van der Waals surface area contributed by atoms with Crippen molar-refractivity contribution >= 4 is 11.3 Å². The van der Waals surface area contributed by atoms with Gasteiger partial charge in [-0.05, 0) is 71.2 Å². The Balaban J connectivity index is 1.73. The summed E-state index contributed by atoms with van der Waals surface area (Å²) in [5.74, 6) is -0.116. The Bertz CT molecular complexity index is 743. The van der Waals surface area contributed by atoms with E-state index in [1.807, 2.05) is 13.1 Å². The normalized spacial score (nSPS) is 21.1. The van der Waals surface area contributed by atoms with Crippen LogP contribution >= 0.6 is 11.3 Å². The average Bonchev–Trinajstić information content (AvgIpc) is 3.26. The number of halogens is 1. The zero-order valence-corrected chi connectivity index (χ0v) is 17.7. The molecule has 0 aromatic carbocycles. The molecule has 0 bridgehead atoms. The second-order valence-corrected chi connectivity index (χ2v) is 9.28. The second kappa shape index (κ2) is 8.38. The first-order chi connectivity index (χ1) is 12.8. The molecule has 1 saturated heterocycles. The van der Waals surface area contributed by atoms with Crippen molar-refractivity contribution in [3.8, 4) is 0 Å². The standard InChI is InChI=1S/C22H31FN2OS/c1-5-26-16-22(9-8-20-12-19(23)14-27-20)10-11-25(15-22)21(3,4)18-7-6-17(2)24-13-18/h6-7,12-14H,5,8-11,15-16H2,1-4H3/t22-/m1/s1. The van der Waals surface area contributed by atoms with Crippen molar-refractivity contribution in [2.75, 3.05) is 26.3 Å². The molecule has 1 aliphatic heterocycles. The number of aromatic nitrogens is 1. The van der Waals surface area contributed by atoms with Crippen LogP contribution in [0.2, 0.25) is 0 Å². The Hall–Kier alpha value is -1.30. The molecule has 0 spiro atoms. The van der Waals surface area contributed by atoms with Gasteiger partial charge in [0.1, 0.15) is 5.82 Å². The van der Waals surface area contributed by atoms with Crippen molar-refractivity contribution in [2.45, 2.75) is 52.5 Å². The van der Waals surface area contributed by atoms with Gasteiger partial charge >= 0.3 is 0 Å². The molecule has 1 atom stereocenters. The van der Waals surface area contributed by atoms with Gasteiger partial charge in [0.05, 0.1) is 6.61 Å². The SMILES string of the molecule is CCOC[C@]1(CCc2cc(F)cs2)CCN(C(C)(C)c2ccc(C)nc2)C1. The van der Waals surface area contributed by atoms with Gasteiger partial charge in [0, 0.05) is 46.3 Å². The molecule has 0 N–H and O–H groups in total. The van der Waals surface area contributed by atoms with Gasteiger partial charge in [0.25, 0.3) is 0 Å². The summed E-state index contributed by atoms with van der Waals surface area (Å²) in [5.41, 5.74) is 2.36. The molecule has 0 unspecified atom stereocenters. The van der Waals surface area contributed by atoms with Crippen molar-refractivity contribution in [2.24, 2.45) is 5.41 Å². The van der Waals surface area contributed by atoms with Gasteiger partial charge in [0.15, 0.2) is 0 Å². The van der Waals surface area contributed by atoms with Gasteiger partial charge in [0.2, 0.25) is 0 Å². The highest BCUT2D eigenvalue weighted by molar-refractivity contribution is 7.09. The Kier molecular flexibility index (Phi) is 6.34. The van der Waals surface area contributed by atoms with Crippen LogP contribution in [-0.4, -0.2) is 36.2 Å². The van der Waals surface area contributed by atoms with Gasteiger partial charge in [-0.25, -0.2) is 4.39 Å². The number of thiophene rings is 1. The molecule has 1 aliphatic rings. The minimum Gasteiger partial charge on any atom is -0.381 e. The lowest BCUT2D eigenvalue weighted by Crippen LogP contribution is -2.42. The number of ether oxygens (including phenoxy) is 1. The molecule has 27 heavy (non-hydrogen) atoms. The number of nitrogens with zero attached hydrogens (tertiary/aromatic N) is 2. The predicted octanol–water partition coefficient (Wildman–Crippen LogP) is 5.19. The van der Waals surface area contributed by atoms with Crippen LogP contribution < -0.4 is 0 Å². The molecule has 1 fully saturated rings. The van der Waals surface area contributed by atoms with Crippen molar-refractivity contribution in [1.29, 1.82) is 0 Å². The maximum Gasteiger partial charge on any atom is 0.134 e. The number of hydrogen-bond donors (Lipinski definition) is 0. The highest BCUT2D eigenvalue weighted by atomic mass is 32.1. The second-order valence-electron chi connectivity index (χ2n) is 8.29. The van der Waals surface area contributed by atoms with Gasteiger partial charge in [-0.1, -0.05) is 6.07 Å². The lowest BCUT2D eigenvalue weighted by Gasteiger charge is -2.38. The first kappa shape index (κ1) is 20.4. The summed E-state index contributed by atoms with van der Waals surface area (Å²) in [7, 11) is 0. The molecule has 3 nitrogen and oxygen atoms in total. The fourth-order valence-electron chi connectivity index (χ4n) is 4.01. The summed E-state index contributed by atoms with van der Waals surface area (Å²) >= 11 is 1.52. The molecule has 0 aliphatic carbocycles. The summed E-state index contributed by atoms with van der Waals surface area (Å²) in [6.45, 7) is 12.2. The monoisotopic (exact) mass is 390 g/mol. The number of hydrogen-bond acceptors (Lipinski definition) is 4. The van der Waals surface area contributed by atoms with E-state index in [0.717, 1.165) is 56.1 Å². The van der Waals surface area contributed by atoms with E-state index in [1.54, 1.807) is 11.4 Å². The topological polar surface area (TPSA) is 25.4 Å². The van der Waals surface area contributed by atoms with Crippen LogP contribution in [0.3, 0.4) is 0 Å². The van der Waals surface area contributed by atoms with Crippen molar-refractivity contribution in [1.82, 2.24) is 9.88 Å². The molecule has 5 heteroatoms. The van der Waals surface area contributed by atoms with Crippen LogP contribution in [0.4, 0.5) is 4.39 Å². The minimum atomic E-state index is -0.116. The summed E-state index contributed by atoms with van der Waals surface area (Å²) < 4.78 is 19.2. The Morgan fingerprint density at radius 1 is 1.37 bits per heavy atom. The van der Waals surface area contributed by atoms with Crippen molar-refractivity contribution in [3.05, 3.63) is 51.7 Å². The van der Waals surface area contributed by atoms with Crippen LogP contribution in [-0.2, 0) is 16.7 Å². The summed E-state index contributed by atoms with van der Waals surface area (Å²) in [6.07, 6.45) is 5.07. The molecular formula is C22H31FN2OS. The van der Waals surface area contributed by atoms with E-state index in [-0.39, 0.29) is 16.8 Å². The first-order valence-electron chi connectivity index (χ1n) is 9.83. The number of likely N-dealkylation sites (tertiary alicyclic amines) is 1. The maximum atomic E-state index is 13.3. The average molecular weight is 391 g/mol. The first-order valence-corrected chi connectivity index (χ1v) is 10.7. The molecule has 0 saturated carbocycles. The van der Waals surface area contributed by atoms with E-state index in [0.29, 0.717) is 0 Å². The third kappa shape index (κ3) is 4.76. The largest absolute Gasteiger partial charge is 0.381 e. The molecule has 0 amide bonds. The van der Waals surface area contributed by atoms with Gasteiger partial charge in [-0.15, -0.1) is 11.3 Å². The maximum absolute atomic E-state index is 13.3. The highest BCUT2D eigenvalue weighted by Gasteiger charge is 2.43. The Morgan fingerprint density at radius 3 is 2.81 bits per heavy atom. The lowest BCUT2D eigenvalue weighted by atomic mass is 9.82. The summed E-state index contributed by atoms with van der Waals surface area (Å²) in [4.78, 5) is 8.19. The van der Waals surface area contributed by atoms with Gasteiger partial charge in [-0.3, -0.25) is 9.88 Å². The van der Waals surface area contributed by atoms with E-state index in [9.17, 15) is 4.39 Å². The Labute approximate surface area is 166 Å². The fraction of sp³-hybridized carbons (Fsp3) is 0.591. The zero-order valence-electron chi connectivity index (χ0n) is 16.9. The minimum absolute atomic E-state index is 0.0658. The van der Waals surface area contributed by atoms with Gasteiger partial charge < -0.3 is 4.74 Å². The number of rotatable bonds is 8. The molecule has 0 radical (unpaired) electrons. The van der Waals surface area contributed by atoms with E-state index >= 15 is 0 Å². The predicted molar refractivity (Wildman–Crippen MR) is 110 cm³/mol. The molecule has 3 heterocycles. The molecule has 2 aromatic heterocycles. The van der Waals surface area contributed by atoms with E-state index in [1.165, 1.54) is 16.9 Å². The summed E-state index contributed by atoms with van der Waals surface area (Å²) in [6, 6.07) is 5.96. The zero-order chi connectivity index (χ0) is 19.5. The van der Waals surface area contributed by atoms with E-state index in [4.69, 9.17) is 4.74 Å². The molecule has 148 valence electrons. The Morgan fingerprint density at radius 2 is 2.19 bits per heavy atom. The van der Waals surface area contributed by atoms with Crippen molar-refractivity contribution in [3.63, 3.8) is 0 Å². The third-order valence-electron chi connectivity index (χ3n) is 5.98. The van der Waals surface area contributed by atoms with E-state index in [2.05, 4.69) is 42.8 Å². The fourth-order valence-corrected chi connectivity index (χ4v) is 4.74. The third-order valence-corrected chi connectivity index (χ3v) is 6.95. The smallest absolute Gasteiger partial charge is 0.134 e. The van der Waals surface area contributed by atoms with Crippen LogP contribution in [0.15, 0.2) is 29.8 Å². The van der Waals surface area contributed by atoms with Crippen LogP contribution in [0, 0.1) is 18.2 Å². The van der Waals surface area contributed by atoms with Crippen LogP contribution in [0.25, 0.3) is 0 Å². The molecule has 3 rings (SSSR count). The van der Waals surface area contributed by atoms with Gasteiger partial charge in [-0.2, -0.15) is 0 Å². The van der Waals surface area contributed by atoms with Crippen LogP contribution in [0.1, 0.15) is 49.7 Å². The summed E-state index contributed by atoms with van der Waals surface area (Å²) in [5, 5.41) is 1.60. The molecule has 2 aromatic rings. The number of pyridine rings is 1.